The van der Waals surface area contributed by atoms with E-state index in [0.717, 1.165) is 11.8 Å². The number of alkyl carbamates (subject to hydrolysis) is 1. The molecule has 0 aromatic heterocycles. The molecule has 0 spiro atoms. The Labute approximate surface area is 174 Å². The molecular formula is C18H20F2N2O7S. The third-order valence-electron chi connectivity index (χ3n) is 4.29. The van der Waals surface area contributed by atoms with Crippen LogP contribution in [0.15, 0.2) is 12.1 Å². The second kappa shape index (κ2) is 8.54. The second-order valence-corrected chi connectivity index (χ2v) is 8.84. The fraction of sp³-hybridized carbons (Fsp3) is 0.500. The van der Waals surface area contributed by atoms with Crippen LogP contribution in [0.2, 0.25) is 0 Å². The van der Waals surface area contributed by atoms with E-state index in [1.807, 2.05) is 0 Å². The molecule has 1 saturated heterocycles. The molecule has 0 radical (unpaired) electrons. The van der Waals surface area contributed by atoms with E-state index in [9.17, 15) is 38.4 Å². The number of amides is 1. The molecule has 2 unspecified atom stereocenters. The van der Waals surface area contributed by atoms with E-state index in [1.165, 1.54) is 0 Å². The van der Waals surface area contributed by atoms with Crippen LogP contribution in [-0.2, 0) is 20.7 Å². The van der Waals surface area contributed by atoms with Gasteiger partial charge in [0.05, 0.1) is 4.92 Å². The van der Waals surface area contributed by atoms with Crippen LogP contribution in [-0.4, -0.2) is 51.0 Å². The number of hydrogen-bond acceptors (Lipinski definition) is 7. The maximum Gasteiger partial charge on any atom is 0.408 e. The predicted molar refractivity (Wildman–Crippen MR) is 102 cm³/mol. The van der Waals surface area contributed by atoms with Crippen molar-refractivity contribution < 1.29 is 37.9 Å². The molecule has 164 valence electrons. The molecule has 2 rings (SSSR count). The Morgan fingerprint density at radius 3 is 2.40 bits per heavy atom. The van der Waals surface area contributed by atoms with Crippen LogP contribution in [0.4, 0.5) is 19.3 Å². The maximum absolute atomic E-state index is 14.0. The number of rotatable bonds is 5. The van der Waals surface area contributed by atoms with Gasteiger partial charge in [0.2, 0.25) is 11.6 Å². The molecule has 1 aliphatic rings. The number of thioether (sulfide) groups is 1. The minimum Gasteiger partial charge on any atom is -0.480 e. The number of nitrogens with one attached hydrogen (secondary N) is 1. The van der Waals surface area contributed by atoms with Gasteiger partial charge < -0.3 is 15.2 Å². The average Bonchev–Trinajstić information content (AvgIpc) is 2.55. The third kappa shape index (κ3) is 5.04. The van der Waals surface area contributed by atoms with Crippen molar-refractivity contribution >= 4 is 35.3 Å². The highest BCUT2D eigenvalue weighted by Gasteiger charge is 2.52. The normalized spacial score (nSPS) is 21.8. The summed E-state index contributed by atoms with van der Waals surface area (Å²) in [5, 5.41) is 22.8. The fourth-order valence-corrected chi connectivity index (χ4v) is 4.32. The Morgan fingerprint density at radius 1 is 1.37 bits per heavy atom. The summed E-state index contributed by atoms with van der Waals surface area (Å²) >= 11 is 1.07. The van der Waals surface area contributed by atoms with E-state index in [1.54, 1.807) is 20.8 Å². The van der Waals surface area contributed by atoms with Crippen molar-refractivity contribution in [3.8, 4) is 0 Å². The lowest BCUT2D eigenvalue weighted by atomic mass is 9.76. The number of Topliss-reactive ketones (excluding diaryl/α,β-unsaturated/α-hetero) is 1. The number of carboxylic acids is 1. The number of nitro benzene ring substituents is 1. The number of ether oxygens (including phenoxy) is 1. The molecule has 0 bridgehead atoms. The van der Waals surface area contributed by atoms with Crippen molar-refractivity contribution in [3.63, 3.8) is 0 Å². The van der Waals surface area contributed by atoms with Crippen LogP contribution in [0.25, 0.3) is 0 Å². The van der Waals surface area contributed by atoms with Gasteiger partial charge >= 0.3 is 17.7 Å². The van der Waals surface area contributed by atoms with Gasteiger partial charge in [-0.15, -0.1) is 0 Å². The number of carbonyl (C=O) groups excluding carboxylic acids is 2. The zero-order valence-corrected chi connectivity index (χ0v) is 17.2. The number of ketones is 1. The van der Waals surface area contributed by atoms with Gasteiger partial charge in [0.15, 0.2) is 5.78 Å². The summed E-state index contributed by atoms with van der Waals surface area (Å²) in [6.07, 6.45) is -1.51. The smallest absolute Gasteiger partial charge is 0.408 e. The molecule has 0 saturated carbocycles. The van der Waals surface area contributed by atoms with Gasteiger partial charge in [-0.25, -0.2) is 4.79 Å². The summed E-state index contributed by atoms with van der Waals surface area (Å²) in [5.41, 5.74) is -4.52. The number of carboxylic acid groups (broad SMARTS) is 1. The summed E-state index contributed by atoms with van der Waals surface area (Å²) in [7, 11) is 0. The largest absolute Gasteiger partial charge is 0.480 e. The van der Waals surface area contributed by atoms with E-state index in [-0.39, 0.29) is 17.1 Å². The van der Waals surface area contributed by atoms with Crippen LogP contribution in [0.3, 0.4) is 0 Å². The highest BCUT2D eigenvalue weighted by atomic mass is 32.2. The molecule has 1 heterocycles. The van der Waals surface area contributed by atoms with E-state index in [4.69, 9.17) is 4.74 Å². The van der Waals surface area contributed by atoms with E-state index in [2.05, 4.69) is 5.32 Å². The van der Waals surface area contributed by atoms with Gasteiger partial charge in [-0.1, -0.05) is 0 Å². The lowest BCUT2D eigenvalue weighted by Gasteiger charge is -2.36. The van der Waals surface area contributed by atoms with Crippen molar-refractivity contribution in [1.29, 1.82) is 0 Å². The number of aliphatic carboxylic acids is 1. The van der Waals surface area contributed by atoms with Crippen LogP contribution in [0.1, 0.15) is 26.3 Å². The maximum atomic E-state index is 14.0. The molecule has 9 nitrogen and oxygen atoms in total. The summed E-state index contributed by atoms with van der Waals surface area (Å²) in [6, 6.07) is 0.0752. The molecule has 30 heavy (non-hydrogen) atoms. The predicted octanol–water partition coefficient (Wildman–Crippen LogP) is 2.70. The summed E-state index contributed by atoms with van der Waals surface area (Å²) < 4.78 is 33.0. The van der Waals surface area contributed by atoms with E-state index < -0.39 is 63.6 Å². The Kier molecular flexibility index (Phi) is 6.70. The first-order valence-electron chi connectivity index (χ1n) is 8.74. The van der Waals surface area contributed by atoms with Gasteiger partial charge in [0, 0.05) is 11.5 Å². The van der Waals surface area contributed by atoms with Crippen LogP contribution in [0.5, 0.6) is 0 Å². The zero-order valence-electron chi connectivity index (χ0n) is 16.4. The van der Waals surface area contributed by atoms with E-state index in [0.29, 0.717) is 12.1 Å². The number of halogens is 2. The molecular weight excluding hydrogens is 426 g/mol. The molecule has 1 aromatic carbocycles. The molecule has 2 N–H and O–H groups in total. The summed E-state index contributed by atoms with van der Waals surface area (Å²) in [5.74, 6) is -5.44. The summed E-state index contributed by atoms with van der Waals surface area (Å²) in [6.45, 7) is 4.84. The average molecular weight is 446 g/mol. The second-order valence-electron chi connectivity index (χ2n) is 7.81. The highest BCUT2D eigenvalue weighted by Crippen LogP contribution is 2.37. The SMILES string of the molecule is CC(C)(C)OC(=O)NC1CSCC(Cc2cc(F)c([N+](=O)[O-])c(F)c2)(C(=O)O)C1=O. The molecule has 12 heteroatoms. The number of nitrogens with zero attached hydrogens (tertiary/aromatic N) is 1. The Hall–Kier alpha value is -2.76. The fourth-order valence-electron chi connectivity index (χ4n) is 3.01. The first-order valence-corrected chi connectivity index (χ1v) is 9.89. The highest BCUT2D eigenvalue weighted by molar-refractivity contribution is 7.99. The monoisotopic (exact) mass is 446 g/mol. The van der Waals surface area contributed by atoms with Gasteiger partial charge in [-0.05, 0) is 44.9 Å². The Morgan fingerprint density at radius 2 is 1.93 bits per heavy atom. The topological polar surface area (TPSA) is 136 Å². The van der Waals surface area contributed by atoms with Gasteiger partial charge in [-0.2, -0.15) is 20.5 Å². The lowest BCUT2D eigenvalue weighted by Crippen LogP contribution is -2.58. The van der Waals surface area contributed by atoms with Gasteiger partial charge in [0.25, 0.3) is 0 Å². The molecule has 1 amide bonds. The minimum atomic E-state index is -2.09. The van der Waals surface area contributed by atoms with Gasteiger partial charge in [0.1, 0.15) is 17.1 Å². The number of benzene rings is 1. The number of hydrogen-bond donors (Lipinski definition) is 2. The van der Waals surface area contributed by atoms with Crippen molar-refractivity contribution in [1.82, 2.24) is 5.32 Å². The number of carbonyl (C=O) groups is 3. The van der Waals surface area contributed by atoms with Crippen LogP contribution < -0.4 is 5.32 Å². The van der Waals surface area contributed by atoms with E-state index >= 15 is 0 Å². The number of nitro groups is 1. The van der Waals surface area contributed by atoms with Crippen LogP contribution in [0, 0.1) is 27.2 Å². The quantitative estimate of drug-likeness (QED) is 0.400. The minimum absolute atomic E-state index is 0.0933. The zero-order chi connectivity index (χ0) is 22.9. The molecule has 2 atom stereocenters. The van der Waals surface area contributed by atoms with Gasteiger partial charge in [-0.3, -0.25) is 19.7 Å². The van der Waals surface area contributed by atoms with Crippen molar-refractivity contribution in [2.45, 2.75) is 38.8 Å². The Balaban J connectivity index is 2.33. The molecule has 1 aliphatic heterocycles. The van der Waals surface area contributed by atoms with Crippen molar-refractivity contribution in [2.75, 3.05) is 11.5 Å². The first kappa shape index (κ1) is 23.5. The molecule has 1 fully saturated rings. The third-order valence-corrected chi connectivity index (χ3v) is 5.55. The van der Waals surface area contributed by atoms with Crippen molar-refractivity contribution in [3.05, 3.63) is 39.4 Å². The van der Waals surface area contributed by atoms with Crippen molar-refractivity contribution in [2.24, 2.45) is 5.41 Å². The van der Waals surface area contributed by atoms with Crippen LogP contribution >= 0.6 is 11.8 Å². The lowest BCUT2D eigenvalue weighted by molar-refractivity contribution is -0.390. The first-order chi connectivity index (χ1) is 13.8. The standard InChI is InChI=1S/C18H20F2N2O7S/c1-17(2,3)29-16(26)21-12-7-30-8-18(14(12)23,15(24)25)6-9-4-10(19)13(22(27)28)11(20)5-9/h4-5,12H,6-8H2,1-3H3,(H,21,26)(H,24,25). The Bertz CT molecular complexity index is 880. The molecule has 0 aliphatic carbocycles. The summed E-state index contributed by atoms with van der Waals surface area (Å²) in [4.78, 5) is 46.5. The molecule has 1 aromatic rings.